The second-order valence-electron chi connectivity index (χ2n) is 5.85. The Morgan fingerprint density at radius 1 is 0.700 bits per heavy atom. The van der Waals surface area contributed by atoms with Gasteiger partial charge in [0.2, 0.25) is 12.2 Å². The van der Waals surface area contributed by atoms with Gasteiger partial charge in [-0.1, -0.05) is 0 Å². The first-order chi connectivity index (χ1) is 9.74. The zero-order chi connectivity index (χ0) is 14.4. The van der Waals surface area contributed by atoms with Gasteiger partial charge in [-0.2, -0.15) is 0 Å². The molecule has 0 unspecified atom stereocenters. The fourth-order valence-corrected chi connectivity index (χ4v) is 3.46. The van der Waals surface area contributed by atoms with Crippen molar-refractivity contribution in [2.24, 2.45) is 21.8 Å². The molecule has 0 spiro atoms. The highest BCUT2D eigenvalue weighted by molar-refractivity contribution is 5.83. The Labute approximate surface area is 118 Å². The molecule has 0 aromatic carbocycles. The molecule has 20 heavy (non-hydrogen) atoms. The number of carbonyl (C=O) groups is 1. The minimum Gasteiger partial charge on any atom is -0.299 e. The van der Waals surface area contributed by atoms with E-state index in [2.05, 4.69) is 9.98 Å². The Morgan fingerprint density at radius 2 is 1.05 bits per heavy atom. The molecule has 2 aliphatic rings. The first-order valence-electron chi connectivity index (χ1n) is 7.42. The highest BCUT2D eigenvalue weighted by Crippen LogP contribution is 2.34. The van der Waals surface area contributed by atoms with Crippen LogP contribution in [0.2, 0.25) is 0 Å². The average molecular weight is 276 g/mol. The Morgan fingerprint density at radius 3 is 1.35 bits per heavy atom. The van der Waals surface area contributed by atoms with Crippen LogP contribution in [0.15, 0.2) is 9.98 Å². The Balaban J connectivity index is 1.81. The van der Waals surface area contributed by atoms with Gasteiger partial charge in [-0.05, 0) is 51.4 Å². The minimum absolute atomic E-state index is 0.0641. The third-order valence-electron chi connectivity index (χ3n) is 4.67. The van der Waals surface area contributed by atoms with Crippen molar-refractivity contribution in [3.8, 4) is 0 Å². The lowest BCUT2D eigenvalue weighted by molar-refractivity contribution is -0.128. The van der Waals surface area contributed by atoms with Crippen LogP contribution in [-0.2, 0) is 14.4 Å². The van der Waals surface area contributed by atoms with E-state index in [4.69, 9.17) is 0 Å². The van der Waals surface area contributed by atoms with E-state index in [1.807, 2.05) is 0 Å². The zero-order valence-electron chi connectivity index (χ0n) is 11.6. The van der Waals surface area contributed by atoms with E-state index in [1.54, 1.807) is 12.2 Å². The summed E-state index contributed by atoms with van der Waals surface area (Å²) >= 11 is 0. The molecular formula is C15H20N2O3. The van der Waals surface area contributed by atoms with Crippen molar-refractivity contribution in [2.75, 3.05) is 0 Å². The van der Waals surface area contributed by atoms with Gasteiger partial charge in [-0.3, -0.25) is 4.79 Å². The molecule has 108 valence electrons. The maximum atomic E-state index is 12.5. The third-order valence-corrected chi connectivity index (χ3v) is 4.67. The fourth-order valence-electron chi connectivity index (χ4n) is 3.46. The van der Waals surface area contributed by atoms with Crippen molar-refractivity contribution in [3.05, 3.63) is 0 Å². The summed E-state index contributed by atoms with van der Waals surface area (Å²) < 4.78 is 0. The van der Waals surface area contributed by atoms with Crippen LogP contribution in [0.25, 0.3) is 0 Å². The highest BCUT2D eigenvalue weighted by atomic mass is 16.1. The molecule has 0 N–H and O–H groups in total. The quantitative estimate of drug-likeness (QED) is 0.584. The Kier molecular flexibility index (Phi) is 5.40. The van der Waals surface area contributed by atoms with Gasteiger partial charge in [-0.15, -0.1) is 0 Å². The summed E-state index contributed by atoms with van der Waals surface area (Å²) in [5, 5.41) is 0. The lowest BCUT2D eigenvalue weighted by Gasteiger charge is -2.30. The van der Waals surface area contributed by atoms with Gasteiger partial charge in [0.15, 0.2) is 0 Å². The van der Waals surface area contributed by atoms with Crippen molar-refractivity contribution in [1.29, 1.82) is 0 Å². The number of hydrogen-bond donors (Lipinski definition) is 0. The number of ketones is 1. The summed E-state index contributed by atoms with van der Waals surface area (Å²) in [5.41, 5.74) is 0. The summed E-state index contributed by atoms with van der Waals surface area (Å²) in [5.74, 6) is 0.625. The molecule has 5 nitrogen and oxygen atoms in total. The fraction of sp³-hybridized carbons (Fsp3) is 0.800. The minimum atomic E-state index is 0.0641. The topological polar surface area (TPSA) is 75.9 Å². The summed E-state index contributed by atoms with van der Waals surface area (Å²) in [4.78, 5) is 40.4. The Hall–Kier alpha value is -1.57. The predicted molar refractivity (Wildman–Crippen MR) is 72.7 cm³/mol. The van der Waals surface area contributed by atoms with Gasteiger partial charge in [-0.25, -0.2) is 19.6 Å². The van der Waals surface area contributed by atoms with Crippen molar-refractivity contribution in [1.82, 2.24) is 0 Å². The lowest BCUT2D eigenvalue weighted by Crippen LogP contribution is -2.31. The maximum Gasteiger partial charge on any atom is 0.235 e. The lowest BCUT2D eigenvalue weighted by atomic mass is 9.75. The number of nitrogens with zero attached hydrogens (tertiary/aromatic N) is 2. The van der Waals surface area contributed by atoms with Crippen molar-refractivity contribution >= 4 is 17.9 Å². The van der Waals surface area contributed by atoms with Gasteiger partial charge in [0.05, 0.1) is 12.1 Å². The van der Waals surface area contributed by atoms with Crippen LogP contribution in [0.4, 0.5) is 0 Å². The van der Waals surface area contributed by atoms with E-state index in [0.717, 1.165) is 51.4 Å². The Bertz CT molecular complexity index is 394. The largest absolute Gasteiger partial charge is 0.299 e. The molecule has 0 amide bonds. The van der Waals surface area contributed by atoms with Crippen molar-refractivity contribution < 1.29 is 14.4 Å². The first-order valence-corrected chi connectivity index (χ1v) is 7.42. The van der Waals surface area contributed by atoms with Gasteiger partial charge < -0.3 is 0 Å². The number of Topliss-reactive ketones (excluding diaryl/α,β-unsaturated/α-hetero) is 1. The molecule has 5 heteroatoms. The molecule has 0 bridgehead atoms. The normalized spacial score (nSPS) is 33.6. The van der Waals surface area contributed by atoms with Gasteiger partial charge >= 0.3 is 0 Å². The summed E-state index contributed by atoms with van der Waals surface area (Å²) in [6, 6.07) is 0.128. The number of isocyanates is 2. The van der Waals surface area contributed by atoms with Crippen molar-refractivity contribution in [2.45, 2.75) is 63.5 Å². The summed E-state index contributed by atoms with van der Waals surface area (Å²) in [6.07, 6.45) is 9.82. The molecule has 2 fully saturated rings. The average Bonchev–Trinajstić information content (AvgIpc) is 2.49. The third kappa shape index (κ3) is 3.72. The van der Waals surface area contributed by atoms with Crippen molar-refractivity contribution in [3.63, 3.8) is 0 Å². The van der Waals surface area contributed by atoms with E-state index in [9.17, 15) is 14.4 Å². The van der Waals surface area contributed by atoms with Crippen LogP contribution < -0.4 is 0 Å². The van der Waals surface area contributed by atoms with Crippen LogP contribution >= 0.6 is 0 Å². The van der Waals surface area contributed by atoms with Crippen LogP contribution in [0.5, 0.6) is 0 Å². The first kappa shape index (κ1) is 14.8. The monoisotopic (exact) mass is 276 g/mol. The molecule has 2 rings (SSSR count). The molecule has 0 aliphatic heterocycles. The summed E-state index contributed by atoms with van der Waals surface area (Å²) in [6.45, 7) is 0. The molecule has 0 saturated heterocycles. The van der Waals surface area contributed by atoms with Crippen LogP contribution in [-0.4, -0.2) is 30.0 Å². The number of hydrogen-bond acceptors (Lipinski definition) is 5. The van der Waals surface area contributed by atoms with Crippen LogP contribution in [0, 0.1) is 11.8 Å². The maximum absolute atomic E-state index is 12.5. The molecule has 0 aromatic rings. The number of carbonyl (C=O) groups excluding carboxylic acids is 3. The van der Waals surface area contributed by atoms with E-state index >= 15 is 0 Å². The standard InChI is InChI=1S/C15H20N2O3/c18-9-16-13-5-1-11(2-6-13)15(20)12-3-7-14(8-4-12)17-10-19/h11-14H,1-8H2. The van der Waals surface area contributed by atoms with E-state index < -0.39 is 0 Å². The van der Waals surface area contributed by atoms with E-state index in [-0.39, 0.29) is 23.9 Å². The molecular weight excluding hydrogens is 256 g/mol. The smallest absolute Gasteiger partial charge is 0.235 e. The zero-order valence-corrected chi connectivity index (χ0v) is 11.6. The van der Waals surface area contributed by atoms with Crippen LogP contribution in [0.1, 0.15) is 51.4 Å². The second-order valence-corrected chi connectivity index (χ2v) is 5.85. The summed E-state index contributed by atoms with van der Waals surface area (Å²) in [7, 11) is 0. The molecule has 0 heterocycles. The predicted octanol–water partition coefficient (Wildman–Crippen LogP) is 2.34. The molecule has 2 saturated carbocycles. The van der Waals surface area contributed by atoms with E-state index in [1.165, 1.54) is 0 Å². The number of aliphatic imine (C=N–C) groups is 2. The molecule has 0 aromatic heterocycles. The van der Waals surface area contributed by atoms with Gasteiger partial charge in [0.25, 0.3) is 0 Å². The van der Waals surface area contributed by atoms with Gasteiger partial charge in [0, 0.05) is 11.8 Å². The second kappa shape index (κ2) is 7.28. The molecule has 0 radical (unpaired) electrons. The van der Waals surface area contributed by atoms with Crippen LogP contribution in [0.3, 0.4) is 0 Å². The number of rotatable bonds is 4. The molecule has 0 atom stereocenters. The highest BCUT2D eigenvalue weighted by Gasteiger charge is 2.33. The van der Waals surface area contributed by atoms with E-state index in [0.29, 0.717) is 5.78 Å². The van der Waals surface area contributed by atoms with Gasteiger partial charge in [0.1, 0.15) is 5.78 Å². The molecule has 2 aliphatic carbocycles. The SMILES string of the molecule is O=C=NC1CCC(C(=O)C2CCC(N=C=O)CC2)CC1.